The number of aryl methyl sites for hydroxylation is 1. The van der Waals surface area contributed by atoms with Crippen molar-refractivity contribution >= 4 is 0 Å². The predicted molar refractivity (Wildman–Crippen MR) is 73.3 cm³/mol. The quantitative estimate of drug-likeness (QED) is 0.640. The Morgan fingerprint density at radius 3 is 2.44 bits per heavy atom. The molecule has 0 bridgehead atoms. The van der Waals surface area contributed by atoms with Crippen molar-refractivity contribution in [1.29, 1.82) is 0 Å². The van der Waals surface area contributed by atoms with Gasteiger partial charge in [0.15, 0.2) is 0 Å². The van der Waals surface area contributed by atoms with Gasteiger partial charge in [-0.05, 0) is 41.7 Å². The molecule has 2 unspecified atom stereocenters. The van der Waals surface area contributed by atoms with E-state index in [4.69, 9.17) is 4.89 Å². The summed E-state index contributed by atoms with van der Waals surface area (Å²) in [4.78, 5) is 5.14. The van der Waals surface area contributed by atoms with Crippen LogP contribution >= 0.6 is 0 Å². The molecule has 2 rings (SSSR count). The third-order valence-corrected chi connectivity index (χ3v) is 4.53. The maximum Gasteiger partial charge on any atom is 0.134 e. The molecule has 18 heavy (non-hydrogen) atoms. The van der Waals surface area contributed by atoms with Crippen LogP contribution in [0.25, 0.3) is 0 Å². The lowest BCUT2D eigenvalue weighted by atomic mass is 9.63. The molecule has 1 aromatic carbocycles. The van der Waals surface area contributed by atoms with Crippen molar-refractivity contribution in [3.05, 3.63) is 35.4 Å². The Morgan fingerprint density at radius 1 is 1.22 bits per heavy atom. The Morgan fingerprint density at radius 2 is 1.89 bits per heavy atom. The van der Waals surface area contributed by atoms with Crippen molar-refractivity contribution in [1.82, 2.24) is 0 Å². The Kier molecular flexibility index (Phi) is 3.79. The Bertz CT molecular complexity index is 411. The third kappa shape index (κ3) is 1.88. The molecule has 2 atom stereocenters. The summed E-state index contributed by atoms with van der Waals surface area (Å²) in [7, 11) is 0. The van der Waals surface area contributed by atoms with Crippen LogP contribution in [0.2, 0.25) is 0 Å². The fraction of sp³-hybridized carbons (Fsp3) is 0.625. The van der Waals surface area contributed by atoms with Crippen LogP contribution in [0.3, 0.4) is 0 Å². The van der Waals surface area contributed by atoms with E-state index in [1.54, 1.807) is 0 Å². The highest BCUT2D eigenvalue weighted by Crippen LogP contribution is 2.49. The first-order valence-corrected chi connectivity index (χ1v) is 6.95. The van der Waals surface area contributed by atoms with Gasteiger partial charge in [-0.15, -0.1) is 0 Å². The summed E-state index contributed by atoms with van der Waals surface area (Å²) in [5.41, 5.74) is 1.94. The molecule has 1 aromatic rings. The van der Waals surface area contributed by atoms with Gasteiger partial charge < -0.3 is 0 Å². The van der Waals surface area contributed by atoms with Gasteiger partial charge >= 0.3 is 0 Å². The van der Waals surface area contributed by atoms with Gasteiger partial charge in [0.2, 0.25) is 0 Å². The molecular formula is C16H24O2. The first-order chi connectivity index (χ1) is 8.54. The van der Waals surface area contributed by atoms with E-state index >= 15 is 0 Å². The van der Waals surface area contributed by atoms with E-state index in [0.29, 0.717) is 11.8 Å². The zero-order valence-electron chi connectivity index (χ0n) is 11.8. The van der Waals surface area contributed by atoms with Crippen molar-refractivity contribution in [3.8, 4) is 0 Å². The Balaban J connectivity index is 2.59. The Hall–Kier alpha value is -0.860. The molecule has 0 radical (unpaired) electrons. The minimum atomic E-state index is -0.553. The molecule has 1 aliphatic carbocycles. The second-order valence-corrected chi connectivity index (χ2v) is 6.09. The van der Waals surface area contributed by atoms with Crippen molar-refractivity contribution in [3.63, 3.8) is 0 Å². The number of benzene rings is 1. The number of rotatable bonds is 3. The van der Waals surface area contributed by atoms with Crippen LogP contribution in [-0.2, 0) is 16.9 Å². The predicted octanol–water partition coefficient (Wildman–Crippen LogP) is 4.25. The van der Waals surface area contributed by atoms with Crippen molar-refractivity contribution in [2.24, 2.45) is 17.8 Å². The van der Waals surface area contributed by atoms with Gasteiger partial charge in [0, 0.05) is 0 Å². The molecule has 0 spiro atoms. The highest BCUT2D eigenvalue weighted by molar-refractivity contribution is 5.36. The van der Waals surface area contributed by atoms with E-state index < -0.39 is 5.60 Å². The van der Waals surface area contributed by atoms with Crippen LogP contribution in [0.4, 0.5) is 0 Å². The highest BCUT2D eigenvalue weighted by atomic mass is 17.1. The average molecular weight is 248 g/mol. The molecule has 0 amide bonds. The first-order valence-electron chi connectivity index (χ1n) is 6.95. The molecule has 0 fully saturated rings. The molecule has 2 heteroatoms. The molecule has 0 saturated carbocycles. The summed E-state index contributed by atoms with van der Waals surface area (Å²) in [6, 6.07) is 8.37. The summed E-state index contributed by atoms with van der Waals surface area (Å²) >= 11 is 0. The summed E-state index contributed by atoms with van der Waals surface area (Å²) in [5, 5.41) is 9.68. The van der Waals surface area contributed by atoms with E-state index in [1.165, 1.54) is 11.1 Å². The monoisotopic (exact) mass is 248 g/mol. The zero-order chi connectivity index (χ0) is 13.3. The molecular weight excluding hydrogens is 224 g/mol. The van der Waals surface area contributed by atoms with E-state index in [2.05, 4.69) is 45.9 Å². The lowest BCUT2D eigenvalue weighted by molar-refractivity contribution is -0.364. The van der Waals surface area contributed by atoms with Crippen LogP contribution in [0, 0.1) is 17.8 Å². The van der Waals surface area contributed by atoms with Crippen molar-refractivity contribution in [2.45, 2.75) is 46.1 Å². The van der Waals surface area contributed by atoms with Gasteiger partial charge in [-0.3, -0.25) is 5.26 Å². The van der Waals surface area contributed by atoms with Gasteiger partial charge in [0.1, 0.15) is 5.60 Å². The summed E-state index contributed by atoms with van der Waals surface area (Å²) in [6.45, 7) is 8.70. The maximum absolute atomic E-state index is 9.68. The van der Waals surface area contributed by atoms with Crippen molar-refractivity contribution < 1.29 is 10.1 Å². The SMILES string of the molecule is CC(C)C1CCc2ccccc2C1(OO)C(C)C. The normalized spacial score (nSPS) is 27.6. The summed E-state index contributed by atoms with van der Waals surface area (Å²) in [6.07, 6.45) is 2.16. The van der Waals surface area contributed by atoms with E-state index in [1.807, 2.05) is 6.07 Å². The number of fused-ring (bicyclic) bond motifs is 1. The second-order valence-electron chi connectivity index (χ2n) is 6.09. The Labute approximate surface area is 110 Å². The van der Waals surface area contributed by atoms with Gasteiger partial charge in [0.05, 0.1) is 0 Å². The second kappa shape index (κ2) is 5.02. The summed E-state index contributed by atoms with van der Waals surface area (Å²) < 4.78 is 0. The van der Waals surface area contributed by atoms with Crippen LogP contribution in [0.15, 0.2) is 24.3 Å². The minimum absolute atomic E-state index is 0.247. The van der Waals surface area contributed by atoms with Crippen LogP contribution < -0.4 is 0 Å². The fourth-order valence-electron chi connectivity index (χ4n) is 3.63. The molecule has 2 nitrogen and oxygen atoms in total. The largest absolute Gasteiger partial charge is 0.251 e. The number of hydrogen-bond acceptors (Lipinski definition) is 2. The van der Waals surface area contributed by atoms with Gasteiger partial charge in [0.25, 0.3) is 0 Å². The van der Waals surface area contributed by atoms with Gasteiger partial charge in [-0.2, -0.15) is 0 Å². The van der Waals surface area contributed by atoms with Crippen molar-refractivity contribution in [2.75, 3.05) is 0 Å². The smallest absolute Gasteiger partial charge is 0.134 e. The molecule has 0 heterocycles. The molecule has 0 aromatic heterocycles. The van der Waals surface area contributed by atoms with Gasteiger partial charge in [-0.25, -0.2) is 4.89 Å². The zero-order valence-corrected chi connectivity index (χ0v) is 11.8. The van der Waals surface area contributed by atoms with E-state index in [9.17, 15) is 5.26 Å². The molecule has 1 N–H and O–H groups in total. The minimum Gasteiger partial charge on any atom is -0.251 e. The van der Waals surface area contributed by atoms with Crippen LogP contribution in [-0.4, -0.2) is 5.26 Å². The third-order valence-electron chi connectivity index (χ3n) is 4.53. The topological polar surface area (TPSA) is 29.5 Å². The summed E-state index contributed by atoms with van der Waals surface area (Å²) in [5.74, 6) is 1.10. The van der Waals surface area contributed by atoms with E-state index in [0.717, 1.165) is 12.8 Å². The first kappa shape index (κ1) is 13.6. The fourth-order valence-corrected chi connectivity index (χ4v) is 3.63. The molecule has 1 aliphatic rings. The average Bonchev–Trinajstić information content (AvgIpc) is 2.36. The molecule has 100 valence electrons. The van der Waals surface area contributed by atoms with Crippen LogP contribution in [0.5, 0.6) is 0 Å². The van der Waals surface area contributed by atoms with Crippen LogP contribution in [0.1, 0.15) is 45.2 Å². The highest BCUT2D eigenvalue weighted by Gasteiger charge is 2.49. The standard InChI is InChI=1S/C16H24O2/c1-11(2)14-10-9-13-7-5-6-8-15(13)16(14,18-17)12(3)4/h5-8,11-12,14,17H,9-10H2,1-4H3. The molecule has 0 aliphatic heterocycles. The lowest BCUT2D eigenvalue weighted by Gasteiger charge is -2.47. The van der Waals surface area contributed by atoms with E-state index in [-0.39, 0.29) is 5.92 Å². The van der Waals surface area contributed by atoms with Gasteiger partial charge in [-0.1, -0.05) is 52.0 Å². The maximum atomic E-state index is 9.68. The molecule has 0 saturated heterocycles. The lowest BCUT2D eigenvalue weighted by Crippen LogP contribution is -2.47. The number of hydrogen-bond donors (Lipinski definition) is 1.